The number of hydrogen-bond acceptors (Lipinski definition) is 10. The van der Waals surface area contributed by atoms with E-state index in [0.29, 0.717) is 6.42 Å². The van der Waals surface area contributed by atoms with Crippen LogP contribution in [0.25, 0.3) is 0 Å². The van der Waals surface area contributed by atoms with Crippen LogP contribution in [0.3, 0.4) is 0 Å². The third kappa shape index (κ3) is 47.3. The van der Waals surface area contributed by atoms with E-state index in [0.717, 1.165) is 31.0 Å². The van der Waals surface area contributed by atoms with E-state index >= 15 is 0 Å². The van der Waals surface area contributed by atoms with Gasteiger partial charge in [-0.25, -0.2) is 0 Å². The van der Waals surface area contributed by atoms with Crippen molar-refractivity contribution in [3.05, 3.63) is 0 Å². The molecule has 0 radical (unpaired) electrons. The van der Waals surface area contributed by atoms with Gasteiger partial charge in [-0.05, 0) is 77.8 Å². The fourth-order valence-electron chi connectivity index (χ4n) is 3.09. The van der Waals surface area contributed by atoms with Crippen molar-refractivity contribution >= 4 is 30.7 Å². The van der Waals surface area contributed by atoms with E-state index in [-0.39, 0.29) is 90.1 Å². The van der Waals surface area contributed by atoms with Crippen LogP contribution < -0.4 is 68.9 Å². The normalized spacial score (nSPS) is 9.43. The van der Waals surface area contributed by atoms with E-state index < -0.39 is 33.3 Å². The molecule has 0 amide bonds. The number of ether oxygens (including phenoxy) is 2. The van der Waals surface area contributed by atoms with Gasteiger partial charge >= 0.3 is 65.1 Å². The molecule has 0 saturated carbocycles. The van der Waals surface area contributed by atoms with Crippen LogP contribution in [0.4, 0.5) is 0 Å². The molecule has 0 heterocycles. The fraction of sp³-hybridized carbons (Fsp3) is 0.576. The fourth-order valence-corrected chi connectivity index (χ4v) is 3.68. The number of rotatable bonds is 19. The number of unbranched alkanes of at least 4 members (excludes halogenated alkanes) is 10. The van der Waals surface area contributed by atoms with Crippen molar-refractivity contribution in [2.75, 3.05) is 20.0 Å². The molecule has 0 aromatic rings. The molecule has 258 valence electrons. The van der Waals surface area contributed by atoms with Crippen molar-refractivity contribution in [1.82, 2.24) is 0 Å². The Balaban J connectivity index is -0.0000000515. The van der Waals surface area contributed by atoms with Crippen molar-refractivity contribution in [2.24, 2.45) is 0 Å². The number of hydrogen-bond donors (Lipinski definition) is 1. The van der Waals surface area contributed by atoms with Gasteiger partial charge in [0, 0.05) is 37.9 Å². The van der Waals surface area contributed by atoms with Crippen LogP contribution in [-0.2, 0) is 28.2 Å². The first-order chi connectivity index (χ1) is 21.2. The summed E-state index contributed by atoms with van der Waals surface area (Å²) in [6, 6.07) is 0. The zero-order valence-electron chi connectivity index (χ0n) is 27.8. The Morgan fingerprint density at radius 1 is 0.783 bits per heavy atom. The predicted octanol–water partition coefficient (Wildman–Crippen LogP) is -0.103. The Morgan fingerprint density at radius 2 is 1.24 bits per heavy atom. The van der Waals surface area contributed by atoms with Crippen LogP contribution >= 0.6 is 19.6 Å². The van der Waals surface area contributed by atoms with Gasteiger partial charge in [-0.3, -0.25) is 9.59 Å². The van der Waals surface area contributed by atoms with Gasteiger partial charge < -0.3 is 33.5 Å². The molecular weight excluding hydrogens is 649 g/mol. The Labute approximate surface area is 337 Å². The molecule has 0 aromatic heterocycles. The molecule has 0 saturated heterocycles. The summed E-state index contributed by atoms with van der Waals surface area (Å²) in [4.78, 5) is 43.2. The van der Waals surface area contributed by atoms with Gasteiger partial charge in [0.15, 0.2) is 5.12 Å². The maximum absolute atomic E-state index is 11.8. The van der Waals surface area contributed by atoms with Crippen molar-refractivity contribution in [2.45, 2.75) is 104 Å². The molecule has 0 bridgehead atoms. The first-order valence-corrected chi connectivity index (χ1v) is 16.6. The molecule has 0 aliphatic carbocycles. The minimum Gasteiger partial charge on any atom is -0.790 e. The average Bonchev–Trinajstić information content (AvgIpc) is 2.97. The second-order valence-electron chi connectivity index (χ2n) is 8.84. The quantitative estimate of drug-likeness (QED) is 0.0483. The Morgan fingerprint density at radius 3 is 1.67 bits per heavy atom. The zero-order valence-corrected chi connectivity index (χ0v) is 33.5. The predicted molar refractivity (Wildman–Crippen MR) is 187 cm³/mol. The number of phosphoric acid groups is 1. The van der Waals surface area contributed by atoms with E-state index in [4.69, 9.17) is 9.84 Å². The number of aliphatic hydroxyl groups excluding tert-OH is 1. The molecule has 0 aromatic carbocycles. The van der Waals surface area contributed by atoms with E-state index in [2.05, 4.69) is 86.6 Å². The SMILES string of the molecule is CC#CC#CC#CC#CC#CC#CSC(C)=O.CCCCCCCCCCCCCC(=O)O[C@@H](COCO)COP(=O)([O-])[O-].[HH].[HH].[HH].[HH].[HH].[HH].[HH].[HH].[HH].[Na+].[Na+]. The van der Waals surface area contributed by atoms with E-state index in [9.17, 15) is 23.9 Å². The first kappa shape index (κ1) is 51.7. The third-order valence-corrected chi connectivity index (χ3v) is 5.99. The molecule has 0 rings (SSSR count). The van der Waals surface area contributed by atoms with Gasteiger partial charge in [0.1, 0.15) is 12.9 Å². The molecule has 0 aliphatic heterocycles. The molecule has 0 spiro atoms. The number of phosphoric ester groups is 1. The van der Waals surface area contributed by atoms with Gasteiger partial charge in [-0.15, -0.1) is 0 Å². The summed E-state index contributed by atoms with van der Waals surface area (Å²) in [6.07, 6.45) is 12.0. The van der Waals surface area contributed by atoms with Gasteiger partial charge in [-0.2, -0.15) is 0 Å². The second kappa shape index (κ2) is 40.1. The molecule has 46 heavy (non-hydrogen) atoms. The second-order valence-corrected chi connectivity index (χ2v) is 11.0. The monoisotopic (exact) mass is 708 g/mol. The van der Waals surface area contributed by atoms with Crippen LogP contribution in [0.15, 0.2) is 0 Å². The molecule has 13 heteroatoms. The molecule has 9 nitrogen and oxygen atoms in total. The topological polar surface area (TPSA) is 145 Å². The maximum atomic E-state index is 11.8. The van der Waals surface area contributed by atoms with E-state index in [1.165, 1.54) is 51.9 Å². The van der Waals surface area contributed by atoms with Crippen molar-refractivity contribution in [3.63, 3.8) is 0 Å². The van der Waals surface area contributed by atoms with Gasteiger partial charge in [0.25, 0.3) is 0 Å². The Kier molecular flexibility index (Phi) is 45.0. The molecule has 1 atom stereocenters. The number of carbonyl (C=O) groups excluding carboxylic acids is 2. The average molecular weight is 709 g/mol. The molecular formula is C33H59Na2O9PS. The summed E-state index contributed by atoms with van der Waals surface area (Å²) in [5.41, 5.74) is 0. The van der Waals surface area contributed by atoms with Crippen molar-refractivity contribution < 1.29 is 115 Å². The van der Waals surface area contributed by atoms with E-state index in [1.807, 2.05) is 0 Å². The molecule has 0 aliphatic rings. The number of esters is 1. The first-order valence-electron chi connectivity index (χ1n) is 14.3. The largest absolute Gasteiger partial charge is 1.00 e. The number of carbonyl (C=O) groups is 2. The zero-order chi connectivity index (χ0) is 33.2. The molecule has 0 fully saturated rings. The van der Waals surface area contributed by atoms with E-state index in [1.54, 1.807) is 6.92 Å². The summed E-state index contributed by atoms with van der Waals surface area (Å²) in [7, 11) is -5.15. The number of thioether (sulfide) groups is 1. The maximum Gasteiger partial charge on any atom is 1.00 e. The third-order valence-electron chi connectivity index (χ3n) is 5.03. The van der Waals surface area contributed by atoms with Crippen LogP contribution in [0.1, 0.15) is 111 Å². The Bertz CT molecular complexity index is 1280. The summed E-state index contributed by atoms with van der Waals surface area (Å²) < 4.78 is 24.3. The summed E-state index contributed by atoms with van der Waals surface area (Å²) >= 11 is 0.901. The van der Waals surface area contributed by atoms with Crippen LogP contribution in [0.5, 0.6) is 0 Å². The molecule has 1 N–H and O–H groups in total. The van der Waals surface area contributed by atoms with Crippen molar-refractivity contribution in [3.8, 4) is 70.4 Å². The standard InChI is InChI=1S/C18H37O8P.C15H6OS.2Na.9H2/c1-2-3-4-5-6-7-8-9-10-11-12-13-18(20)26-17(14-24-16-19)15-25-27(21,22)23;1-3-4-5-6-7-8-9-10-11-12-13-14-17-15(2)16;;;;;;;;;;;/h17,19H,2-16H2,1H3,(H2,21,22,23);1-2H3;;;9*1H/q;;2*+1;;;;;;;;;/p-2/t17-;;;;;;;;;;;;/m0............/s1. The van der Waals surface area contributed by atoms with Gasteiger partial charge in [-0.1, -0.05) is 77.1 Å². The summed E-state index contributed by atoms with van der Waals surface area (Å²) in [6.45, 7) is 3.87. The minimum absolute atomic E-state index is 0. The van der Waals surface area contributed by atoms with Gasteiger partial charge in [0.05, 0.1) is 21.0 Å². The van der Waals surface area contributed by atoms with Crippen molar-refractivity contribution in [1.29, 1.82) is 0 Å². The summed E-state index contributed by atoms with van der Waals surface area (Å²) in [5, 5.41) is 11.1. The smallest absolute Gasteiger partial charge is 0.790 e. The Hall–Kier alpha value is -1.12. The minimum atomic E-state index is -5.15. The van der Waals surface area contributed by atoms with Gasteiger partial charge in [0.2, 0.25) is 0 Å². The molecule has 0 unspecified atom stereocenters. The van der Waals surface area contributed by atoms with Crippen LogP contribution in [-0.4, -0.2) is 42.3 Å². The number of aliphatic hydroxyl groups is 1. The summed E-state index contributed by atoms with van der Waals surface area (Å²) in [5.74, 6) is 27.0. The van der Waals surface area contributed by atoms with Crippen LogP contribution in [0, 0.1) is 70.4 Å². The van der Waals surface area contributed by atoms with Crippen LogP contribution in [0.2, 0.25) is 0 Å².